The third-order valence-corrected chi connectivity index (χ3v) is 5.68. The molecule has 1 N–H and O–H groups in total. The van der Waals surface area contributed by atoms with E-state index in [-0.39, 0.29) is 5.41 Å². The third kappa shape index (κ3) is 4.76. The summed E-state index contributed by atoms with van der Waals surface area (Å²) in [5.74, 6) is 3.66. The summed E-state index contributed by atoms with van der Waals surface area (Å²) in [6, 6.07) is 16.5. The van der Waals surface area contributed by atoms with Crippen molar-refractivity contribution >= 4 is 23.1 Å². The maximum Gasteiger partial charge on any atom is 0.133 e. The van der Waals surface area contributed by atoms with E-state index in [0.29, 0.717) is 0 Å². The molecule has 4 rings (SSSR count). The van der Waals surface area contributed by atoms with Gasteiger partial charge in [-0.1, -0.05) is 26.8 Å². The zero-order valence-corrected chi connectivity index (χ0v) is 19.1. The highest BCUT2D eigenvalue weighted by Crippen LogP contribution is 2.26. The number of anilines is 4. The van der Waals surface area contributed by atoms with Gasteiger partial charge in [0.15, 0.2) is 0 Å². The lowest BCUT2D eigenvalue weighted by atomic mass is 9.92. The molecule has 0 amide bonds. The number of benzene rings is 1. The van der Waals surface area contributed by atoms with Crippen molar-refractivity contribution < 1.29 is 4.74 Å². The van der Waals surface area contributed by atoms with Crippen LogP contribution < -0.4 is 19.9 Å². The molecule has 0 spiro atoms. The first-order valence-corrected chi connectivity index (χ1v) is 10.8. The van der Waals surface area contributed by atoms with Crippen molar-refractivity contribution in [1.82, 2.24) is 14.8 Å². The van der Waals surface area contributed by atoms with E-state index in [2.05, 4.69) is 71.3 Å². The normalized spacial score (nSPS) is 14.6. The molecule has 0 unspecified atom stereocenters. The Morgan fingerprint density at radius 2 is 1.61 bits per heavy atom. The van der Waals surface area contributed by atoms with Crippen LogP contribution >= 0.6 is 0 Å². The van der Waals surface area contributed by atoms with Gasteiger partial charge < -0.3 is 19.9 Å². The third-order valence-electron chi connectivity index (χ3n) is 5.68. The summed E-state index contributed by atoms with van der Waals surface area (Å²) in [7, 11) is 3.65. The molecule has 7 nitrogen and oxygen atoms in total. The van der Waals surface area contributed by atoms with E-state index < -0.39 is 0 Å². The summed E-state index contributed by atoms with van der Waals surface area (Å²) in [6.45, 7) is 10.3. The molecule has 1 aliphatic rings. The van der Waals surface area contributed by atoms with Gasteiger partial charge in [0.05, 0.1) is 12.8 Å². The average molecular weight is 421 g/mol. The molecule has 0 radical (unpaired) electrons. The van der Waals surface area contributed by atoms with E-state index >= 15 is 0 Å². The number of hydrogen-bond acceptors (Lipinski definition) is 6. The first-order chi connectivity index (χ1) is 14.8. The molecule has 1 aliphatic heterocycles. The Labute approximate surface area is 184 Å². The highest BCUT2D eigenvalue weighted by atomic mass is 16.5. The molecule has 0 bridgehead atoms. The average Bonchev–Trinajstić information content (AvgIpc) is 3.15. The van der Waals surface area contributed by atoms with Gasteiger partial charge >= 0.3 is 0 Å². The lowest BCUT2D eigenvalue weighted by Crippen LogP contribution is -2.46. The van der Waals surface area contributed by atoms with Gasteiger partial charge in [0, 0.05) is 50.4 Å². The number of aromatic nitrogens is 3. The molecule has 1 aromatic carbocycles. The summed E-state index contributed by atoms with van der Waals surface area (Å²) < 4.78 is 7.14. The number of piperazine rings is 1. The quantitative estimate of drug-likeness (QED) is 0.668. The molecular weight excluding hydrogens is 388 g/mol. The van der Waals surface area contributed by atoms with Gasteiger partial charge in [0.2, 0.25) is 0 Å². The molecule has 0 saturated carbocycles. The van der Waals surface area contributed by atoms with Crippen molar-refractivity contribution in [3.05, 3.63) is 54.2 Å². The summed E-state index contributed by atoms with van der Waals surface area (Å²) in [5.41, 5.74) is 2.30. The van der Waals surface area contributed by atoms with Gasteiger partial charge in [0.1, 0.15) is 23.2 Å². The number of nitrogens with zero attached hydrogens (tertiary/aromatic N) is 5. The first kappa shape index (κ1) is 21.0. The van der Waals surface area contributed by atoms with Crippen LogP contribution in [0.15, 0.2) is 48.5 Å². The Balaban J connectivity index is 1.41. The second-order valence-electron chi connectivity index (χ2n) is 8.97. The summed E-state index contributed by atoms with van der Waals surface area (Å²) in [5, 5.41) is 8.07. The molecule has 31 heavy (non-hydrogen) atoms. The molecule has 164 valence electrons. The fourth-order valence-electron chi connectivity index (χ4n) is 3.74. The van der Waals surface area contributed by atoms with E-state index in [0.717, 1.165) is 55.1 Å². The van der Waals surface area contributed by atoms with E-state index in [1.165, 1.54) is 5.69 Å². The number of pyridine rings is 1. The molecule has 0 atom stereocenters. The molecule has 3 heterocycles. The minimum Gasteiger partial charge on any atom is -0.497 e. The predicted octanol–water partition coefficient (Wildman–Crippen LogP) is 4.19. The molecular formula is C24H32N6O. The number of aryl methyl sites for hydroxylation is 1. The standard InChI is InChI=1S/C24H32N6O/c1-24(2,3)20-17-23(28(4)27-20)26-21-7-6-8-22(25-21)30-15-13-29(14-16-30)18-9-11-19(31-5)12-10-18/h6-12,17H,13-16H2,1-5H3,(H,25,26). The Morgan fingerprint density at radius 3 is 2.23 bits per heavy atom. The first-order valence-electron chi connectivity index (χ1n) is 10.8. The Kier molecular flexibility index (Phi) is 5.76. The topological polar surface area (TPSA) is 58.5 Å². The number of rotatable bonds is 5. The number of nitrogens with one attached hydrogen (secondary N) is 1. The van der Waals surface area contributed by atoms with E-state index in [4.69, 9.17) is 9.72 Å². The van der Waals surface area contributed by atoms with Gasteiger partial charge in [-0.15, -0.1) is 0 Å². The van der Waals surface area contributed by atoms with Crippen molar-refractivity contribution in [3.63, 3.8) is 0 Å². The summed E-state index contributed by atoms with van der Waals surface area (Å²) in [4.78, 5) is 9.61. The van der Waals surface area contributed by atoms with Gasteiger partial charge in [0.25, 0.3) is 0 Å². The van der Waals surface area contributed by atoms with Gasteiger partial charge in [-0.3, -0.25) is 4.68 Å². The smallest absolute Gasteiger partial charge is 0.133 e. The Hall–Kier alpha value is -3.22. The van der Waals surface area contributed by atoms with Crippen LogP contribution in [0.1, 0.15) is 26.5 Å². The largest absolute Gasteiger partial charge is 0.497 e. The Morgan fingerprint density at radius 1 is 0.935 bits per heavy atom. The minimum atomic E-state index is 0.0104. The van der Waals surface area contributed by atoms with Crippen LogP contribution in [0.25, 0.3) is 0 Å². The van der Waals surface area contributed by atoms with Crippen LogP contribution in [0.5, 0.6) is 5.75 Å². The number of methoxy groups -OCH3 is 1. The zero-order chi connectivity index (χ0) is 22.0. The van der Waals surface area contributed by atoms with Crippen LogP contribution in [0.4, 0.5) is 23.1 Å². The van der Waals surface area contributed by atoms with Crippen LogP contribution in [-0.4, -0.2) is 48.1 Å². The minimum absolute atomic E-state index is 0.0104. The second-order valence-corrected chi connectivity index (χ2v) is 8.97. The summed E-state index contributed by atoms with van der Waals surface area (Å²) >= 11 is 0. The van der Waals surface area contributed by atoms with E-state index in [1.807, 2.05) is 29.9 Å². The molecule has 7 heteroatoms. The lowest BCUT2D eigenvalue weighted by Gasteiger charge is -2.36. The highest BCUT2D eigenvalue weighted by molar-refractivity contribution is 5.57. The maximum absolute atomic E-state index is 5.26. The molecule has 2 aromatic heterocycles. The van der Waals surface area contributed by atoms with Crippen LogP contribution in [0.3, 0.4) is 0 Å². The van der Waals surface area contributed by atoms with Crippen molar-refractivity contribution in [2.24, 2.45) is 7.05 Å². The number of hydrogen-bond donors (Lipinski definition) is 1. The van der Waals surface area contributed by atoms with Crippen LogP contribution in [0, 0.1) is 0 Å². The van der Waals surface area contributed by atoms with Gasteiger partial charge in [-0.05, 0) is 36.4 Å². The molecule has 1 fully saturated rings. The second kappa shape index (κ2) is 8.49. The molecule has 0 aliphatic carbocycles. The SMILES string of the molecule is COc1ccc(N2CCN(c3cccc(Nc4cc(C(C)(C)C)nn4C)n3)CC2)cc1. The maximum atomic E-state index is 5.26. The number of ether oxygens (including phenoxy) is 1. The van der Waals surface area contributed by atoms with Crippen LogP contribution in [0.2, 0.25) is 0 Å². The van der Waals surface area contributed by atoms with Crippen molar-refractivity contribution in [3.8, 4) is 5.75 Å². The highest BCUT2D eigenvalue weighted by Gasteiger charge is 2.20. The van der Waals surface area contributed by atoms with E-state index in [9.17, 15) is 0 Å². The lowest BCUT2D eigenvalue weighted by molar-refractivity contribution is 0.415. The fourth-order valence-corrected chi connectivity index (χ4v) is 3.74. The van der Waals surface area contributed by atoms with Crippen molar-refractivity contribution in [2.45, 2.75) is 26.2 Å². The van der Waals surface area contributed by atoms with Gasteiger partial charge in [-0.25, -0.2) is 4.98 Å². The molecule has 1 saturated heterocycles. The van der Waals surface area contributed by atoms with E-state index in [1.54, 1.807) is 7.11 Å². The molecule has 3 aromatic rings. The monoisotopic (exact) mass is 420 g/mol. The van der Waals surface area contributed by atoms with Crippen molar-refractivity contribution in [1.29, 1.82) is 0 Å². The summed E-state index contributed by atoms with van der Waals surface area (Å²) in [6.07, 6.45) is 0. The van der Waals surface area contributed by atoms with Gasteiger partial charge in [-0.2, -0.15) is 5.10 Å². The van der Waals surface area contributed by atoms with Crippen molar-refractivity contribution in [2.75, 3.05) is 48.4 Å². The zero-order valence-electron chi connectivity index (χ0n) is 19.1. The fraction of sp³-hybridized carbons (Fsp3) is 0.417. The predicted molar refractivity (Wildman–Crippen MR) is 127 cm³/mol. The Bertz CT molecular complexity index is 1010. The van der Waals surface area contributed by atoms with Crippen LogP contribution in [-0.2, 0) is 12.5 Å².